The lowest BCUT2D eigenvalue weighted by atomic mass is 10.2. The Hall–Kier alpha value is -2.89. The molecule has 0 amide bonds. The van der Waals surface area contributed by atoms with Crippen molar-refractivity contribution in [3.8, 4) is 17.2 Å². The van der Waals surface area contributed by atoms with Crippen LogP contribution in [0.2, 0.25) is 10.0 Å². The van der Waals surface area contributed by atoms with E-state index in [0.29, 0.717) is 28.1 Å². The summed E-state index contributed by atoms with van der Waals surface area (Å²) in [6.07, 6.45) is 1.67. The maximum Gasteiger partial charge on any atom is 0.180 e. The average molecular weight is 445 g/mol. The summed E-state index contributed by atoms with van der Waals surface area (Å²) < 4.78 is 16.7. The molecular weight excluding hydrogens is 423 g/mol. The summed E-state index contributed by atoms with van der Waals surface area (Å²) >= 11 is 12.6. The number of nitrogens with one attached hydrogen (secondary N) is 1. The highest BCUT2D eigenvalue weighted by molar-refractivity contribution is 6.32. The van der Waals surface area contributed by atoms with Crippen molar-refractivity contribution < 1.29 is 14.2 Å². The molecule has 3 aromatic rings. The highest BCUT2D eigenvalue weighted by atomic mass is 35.5. The molecule has 0 heterocycles. The Balaban J connectivity index is 1.67. The van der Waals surface area contributed by atoms with Gasteiger partial charge in [-0.1, -0.05) is 59.6 Å². The molecule has 30 heavy (non-hydrogen) atoms. The first kappa shape index (κ1) is 21.8. The third kappa shape index (κ3) is 5.59. The van der Waals surface area contributed by atoms with Gasteiger partial charge in [0.05, 0.1) is 32.0 Å². The molecule has 3 aromatic carbocycles. The first-order chi connectivity index (χ1) is 14.6. The van der Waals surface area contributed by atoms with Crippen LogP contribution in [-0.4, -0.2) is 20.4 Å². The number of hydrogen-bond donors (Lipinski definition) is 1. The summed E-state index contributed by atoms with van der Waals surface area (Å²) in [6.45, 7) is 0.814. The predicted molar refractivity (Wildman–Crippen MR) is 121 cm³/mol. The number of hydrogen-bond acceptors (Lipinski definition) is 5. The zero-order valence-electron chi connectivity index (χ0n) is 16.7. The molecule has 0 saturated carbocycles. The highest BCUT2D eigenvalue weighted by Crippen LogP contribution is 2.37. The monoisotopic (exact) mass is 444 g/mol. The van der Waals surface area contributed by atoms with E-state index in [2.05, 4.69) is 10.5 Å². The Labute approximate surface area is 186 Å². The molecule has 0 bridgehead atoms. The van der Waals surface area contributed by atoms with Crippen molar-refractivity contribution in [1.29, 1.82) is 0 Å². The Morgan fingerprint density at radius 2 is 1.57 bits per heavy atom. The van der Waals surface area contributed by atoms with Crippen molar-refractivity contribution in [2.45, 2.75) is 13.2 Å². The second-order valence-corrected chi connectivity index (χ2v) is 7.13. The molecule has 5 nitrogen and oxygen atoms in total. The van der Waals surface area contributed by atoms with Crippen LogP contribution in [0, 0.1) is 0 Å². The molecule has 156 valence electrons. The van der Waals surface area contributed by atoms with Gasteiger partial charge in [-0.3, -0.25) is 0 Å². The van der Waals surface area contributed by atoms with Crippen LogP contribution in [0.15, 0.2) is 65.8 Å². The van der Waals surface area contributed by atoms with Crippen molar-refractivity contribution in [3.63, 3.8) is 0 Å². The number of benzene rings is 3. The predicted octanol–water partition coefficient (Wildman–Crippen LogP) is 5.71. The number of methoxy groups -OCH3 is 2. The zero-order valence-corrected chi connectivity index (χ0v) is 18.2. The van der Waals surface area contributed by atoms with Gasteiger partial charge in [0.2, 0.25) is 0 Å². The van der Waals surface area contributed by atoms with Crippen LogP contribution in [0.4, 0.5) is 0 Å². The van der Waals surface area contributed by atoms with Gasteiger partial charge in [0.1, 0.15) is 12.4 Å². The molecular formula is C23H22Cl2N2O3. The quantitative estimate of drug-likeness (QED) is 0.339. The van der Waals surface area contributed by atoms with Crippen LogP contribution in [0.1, 0.15) is 16.7 Å². The van der Waals surface area contributed by atoms with Crippen LogP contribution in [0.3, 0.4) is 0 Å². The maximum atomic E-state index is 6.43. The average Bonchev–Trinajstić information content (AvgIpc) is 2.77. The fourth-order valence-electron chi connectivity index (χ4n) is 2.82. The van der Waals surface area contributed by atoms with E-state index in [1.54, 1.807) is 26.5 Å². The second kappa shape index (κ2) is 10.8. The van der Waals surface area contributed by atoms with Gasteiger partial charge in [-0.05, 0) is 29.8 Å². The van der Waals surface area contributed by atoms with Gasteiger partial charge in [-0.25, -0.2) is 0 Å². The summed E-state index contributed by atoms with van der Waals surface area (Å²) in [5.41, 5.74) is 5.66. The van der Waals surface area contributed by atoms with Crippen molar-refractivity contribution in [3.05, 3.63) is 87.4 Å². The van der Waals surface area contributed by atoms with E-state index in [4.69, 9.17) is 37.4 Å². The lowest BCUT2D eigenvalue weighted by molar-refractivity contribution is 0.285. The third-order valence-corrected chi connectivity index (χ3v) is 5.00. The minimum atomic E-state index is 0.281. The van der Waals surface area contributed by atoms with Gasteiger partial charge >= 0.3 is 0 Å². The van der Waals surface area contributed by atoms with Crippen molar-refractivity contribution in [2.75, 3.05) is 14.2 Å². The smallest absolute Gasteiger partial charge is 0.180 e. The zero-order chi connectivity index (χ0) is 21.3. The summed E-state index contributed by atoms with van der Waals surface area (Å²) in [4.78, 5) is 0. The SMILES string of the molecule is COc1ccccc1CN/N=C/c1cc(Cl)c(OCc2ccccc2Cl)c(OC)c1. The fourth-order valence-corrected chi connectivity index (χ4v) is 3.28. The minimum Gasteiger partial charge on any atom is -0.496 e. The molecule has 0 atom stereocenters. The topological polar surface area (TPSA) is 52.1 Å². The van der Waals surface area contributed by atoms with Gasteiger partial charge in [0, 0.05) is 16.1 Å². The maximum absolute atomic E-state index is 6.43. The van der Waals surface area contributed by atoms with E-state index in [1.807, 2.05) is 54.6 Å². The molecule has 0 aliphatic carbocycles. The van der Waals surface area contributed by atoms with E-state index < -0.39 is 0 Å². The largest absolute Gasteiger partial charge is 0.496 e. The van der Waals surface area contributed by atoms with Gasteiger partial charge in [0.15, 0.2) is 11.5 Å². The number of ether oxygens (including phenoxy) is 3. The molecule has 0 saturated heterocycles. The lowest BCUT2D eigenvalue weighted by Crippen LogP contribution is -2.07. The van der Waals surface area contributed by atoms with Gasteiger partial charge in [0.25, 0.3) is 0 Å². The van der Waals surface area contributed by atoms with Gasteiger partial charge in [-0.15, -0.1) is 0 Å². The normalized spacial score (nSPS) is 10.8. The lowest BCUT2D eigenvalue weighted by Gasteiger charge is -2.14. The van der Waals surface area contributed by atoms with E-state index in [0.717, 1.165) is 22.4 Å². The number of rotatable bonds is 9. The van der Waals surface area contributed by atoms with Gasteiger partial charge < -0.3 is 19.6 Å². The molecule has 0 spiro atoms. The summed E-state index contributed by atoms with van der Waals surface area (Å²) in [5, 5.41) is 5.32. The highest BCUT2D eigenvalue weighted by Gasteiger charge is 2.12. The molecule has 1 N–H and O–H groups in total. The molecule has 0 unspecified atom stereocenters. The number of nitrogens with zero attached hydrogens (tertiary/aromatic N) is 1. The van der Waals surface area contributed by atoms with E-state index in [1.165, 1.54) is 0 Å². The minimum absolute atomic E-state index is 0.281. The molecule has 0 aliphatic rings. The molecule has 0 radical (unpaired) electrons. The first-order valence-corrected chi connectivity index (χ1v) is 9.99. The van der Waals surface area contributed by atoms with E-state index in [-0.39, 0.29) is 6.61 Å². The Morgan fingerprint density at radius 3 is 2.30 bits per heavy atom. The summed E-state index contributed by atoms with van der Waals surface area (Å²) in [7, 11) is 3.21. The number of para-hydroxylation sites is 1. The van der Waals surface area contributed by atoms with Crippen molar-refractivity contribution in [2.24, 2.45) is 5.10 Å². The van der Waals surface area contributed by atoms with Crippen LogP contribution in [-0.2, 0) is 13.2 Å². The van der Waals surface area contributed by atoms with Crippen molar-refractivity contribution in [1.82, 2.24) is 5.43 Å². The molecule has 0 fully saturated rings. The summed E-state index contributed by atoms with van der Waals surface area (Å²) in [6, 6.07) is 18.8. The Morgan fingerprint density at radius 1 is 0.867 bits per heavy atom. The van der Waals surface area contributed by atoms with E-state index >= 15 is 0 Å². The molecule has 7 heteroatoms. The van der Waals surface area contributed by atoms with Crippen LogP contribution >= 0.6 is 23.2 Å². The van der Waals surface area contributed by atoms with Gasteiger partial charge in [-0.2, -0.15) is 5.10 Å². The number of hydrazone groups is 1. The van der Waals surface area contributed by atoms with Crippen LogP contribution in [0.5, 0.6) is 17.2 Å². The Kier molecular flexibility index (Phi) is 7.82. The van der Waals surface area contributed by atoms with Crippen LogP contribution < -0.4 is 19.6 Å². The fraction of sp³-hybridized carbons (Fsp3) is 0.174. The molecule has 0 aromatic heterocycles. The summed E-state index contributed by atoms with van der Waals surface area (Å²) in [5.74, 6) is 1.78. The molecule has 3 rings (SSSR count). The van der Waals surface area contributed by atoms with Crippen molar-refractivity contribution >= 4 is 29.4 Å². The molecule has 0 aliphatic heterocycles. The third-order valence-electron chi connectivity index (χ3n) is 4.35. The first-order valence-electron chi connectivity index (χ1n) is 9.24. The Bertz CT molecular complexity index is 1030. The van der Waals surface area contributed by atoms with Crippen LogP contribution in [0.25, 0.3) is 0 Å². The van der Waals surface area contributed by atoms with E-state index in [9.17, 15) is 0 Å². The number of halogens is 2. The standard InChI is InChI=1S/C23H22Cl2N2O3/c1-28-21-10-6-4-7-17(21)14-27-26-13-16-11-20(25)23(22(12-16)29-2)30-15-18-8-3-5-9-19(18)24/h3-13,27H,14-15H2,1-2H3/b26-13+. The second-order valence-electron chi connectivity index (χ2n) is 6.32.